The van der Waals surface area contributed by atoms with Crippen LogP contribution in [0.3, 0.4) is 0 Å². The van der Waals surface area contributed by atoms with Crippen LogP contribution in [0.15, 0.2) is 12.7 Å². The maximum Gasteiger partial charge on any atom is 0.305 e. The summed E-state index contributed by atoms with van der Waals surface area (Å²) in [6.45, 7) is 6.24. The fourth-order valence-corrected chi connectivity index (χ4v) is 1.21. The van der Waals surface area contributed by atoms with Gasteiger partial charge < -0.3 is 4.74 Å². The number of unbranched alkanes of at least 4 members (excludes halogenated alkanes) is 4. The molecule has 0 aromatic carbocycles. The summed E-state index contributed by atoms with van der Waals surface area (Å²) >= 11 is 0. The van der Waals surface area contributed by atoms with Gasteiger partial charge in [-0.1, -0.05) is 25.8 Å². The number of carbonyl (C=O) groups is 1. The molecule has 0 heterocycles. The normalized spacial score (nSPS) is 9.79. The topological polar surface area (TPSA) is 26.3 Å². The fraction of sp³-hybridized carbons (Fsp3) is 0.750. The highest BCUT2D eigenvalue weighted by Crippen LogP contribution is 2.03. The number of rotatable bonds is 9. The van der Waals surface area contributed by atoms with Gasteiger partial charge in [0.15, 0.2) is 0 Å². The maximum atomic E-state index is 10.9. The van der Waals surface area contributed by atoms with Crippen LogP contribution >= 0.6 is 0 Å². The van der Waals surface area contributed by atoms with Gasteiger partial charge in [0, 0.05) is 6.42 Å². The maximum absolute atomic E-state index is 10.9. The Labute approximate surface area is 87.3 Å². The molecule has 14 heavy (non-hydrogen) atoms. The summed E-state index contributed by atoms with van der Waals surface area (Å²) in [4.78, 5) is 10.9. The minimum Gasteiger partial charge on any atom is -0.466 e. The van der Waals surface area contributed by atoms with Crippen LogP contribution in [0.5, 0.6) is 0 Å². The molecular formula is C12H22O2. The Morgan fingerprint density at radius 3 is 2.64 bits per heavy atom. The molecule has 82 valence electrons. The molecule has 0 saturated carbocycles. The van der Waals surface area contributed by atoms with Crippen molar-refractivity contribution >= 4 is 5.97 Å². The van der Waals surface area contributed by atoms with Crippen LogP contribution in [0.4, 0.5) is 0 Å². The van der Waals surface area contributed by atoms with Crippen LogP contribution < -0.4 is 0 Å². The molecule has 0 aliphatic carbocycles. The molecule has 0 bridgehead atoms. The van der Waals surface area contributed by atoms with Crippen molar-refractivity contribution in [3.05, 3.63) is 12.7 Å². The van der Waals surface area contributed by atoms with E-state index in [0.29, 0.717) is 13.0 Å². The van der Waals surface area contributed by atoms with E-state index in [-0.39, 0.29) is 5.97 Å². The van der Waals surface area contributed by atoms with E-state index in [9.17, 15) is 4.79 Å². The average molecular weight is 198 g/mol. The predicted molar refractivity (Wildman–Crippen MR) is 59.1 cm³/mol. The van der Waals surface area contributed by atoms with Crippen LogP contribution in [0, 0.1) is 0 Å². The molecule has 0 spiro atoms. The average Bonchev–Trinajstić information content (AvgIpc) is 2.17. The van der Waals surface area contributed by atoms with E-state index in [1.165, 1.54) is 12.8 Å². The Balaban J connectivity index is 3.05. The molecule has 0 fully saturated rings. The van der Waals surface area contributed by atoms with E-state index in [1.807, 2.05) is 13.0 Å². The number of hydrogen-bond donors (Lipinski definition) is 0. The van der Waals surface area contributed by atoms with Crippen molar-refractivity contribution in [3.8, 4) is 0 Å². The van der Waals surface area contributed by atoms with Crippen molar-refractivity contribution in [3.63, 3.8) is 0 Å². The van der Waals surface area contributed by atoms with Gasteiger partial charge >= 0.3 is 5.97 Å². The van der Waals surface area contributed by atoms with E-state index >= 15 is 0 Å². The molecule has 0 unspecified atom stereocenters. The van der Waals surface area contributed by atoms with Crippen LogP contribution in [0.25, 0.3) is 0 Å². The second-order valence-corrected chi connectivity index (χ2v) is 3.46. The predicted octanol–water partition coefficient (Wildman–Crippen LogP) is 3.47. The Hall–Kier alpha value is -0.790. The van der Waals surface area contributed by atoms with Crippen LogP contribution in [0.1, 0.15) is 51.9 Å². The number of allylic oxidation sites excluding steroid dienone is 1. The SMILES string of the molecule is C=CCCCCCCOC(=O)CCC. The highest BCUT2D eigenvalue weighted by molar-refractivity contribution is 5.69. The monoisotopic (exact) mass is 198 g/mol. The summed E-state index contributed by atoms with van der Waals surface area (Å²) in [6.07, 6.45) is 9.01. The van der Waals surface area contributed by atoms with Crippen LogP contribution in [0.2, 0.25) is 0 Å². The van der Waals surface area contributed by atoms with Gasteiger partial charge in [0.25, 0.3) is 0 Å². The minimum atomic E-state index is -0.0569. The summed E-state index contributed by atoms with van der Waals surface area (Å²) in [7, 11) is 0. The molecule has 0 aliphatic heterocycles. The zero-order valence-electron chi connectivity index (χ0n) is 9.26. The second-order valence-electron chi connectivity index (χ2n) is 3.46. The lowest BCUT2D eigenvalue weighted by molar-refractivity contribution is -0.143. The number of ether oxygens (including phenoxy) is 1. The lowest BCUT2D eigenvalue weighted by atomic mass is 10.1. The molecule has 0 aromatic heterocycles. The van der Waals surface area contributed by atoms with E-state index in [4.69, 9.17) is 4.74 Å². The van der Waals surface area contributed by atoms with E-state index in [1.54, 1.807) is 0 Å². The first kappa shape index (κ1) is 13.2. The Bertz CT molecular complexity index is 152. The zero-order chi connectivity index (χ0) is 10.6. The molecular weight excluding hydrogens is 176 g/mol. The fourth-order valence-electron chi connectivity index (χ4n) is 1.21. The van der Waals surface area contributed by atoms with E-state index < -0.39 is 0 Å². The molecule has 0 amide bonds. The van der Waals surface area contributed by atoms with Gasteiger partial charge in [-0.3, -0.25) is 4.79 Å². The van der Waals surface area contributed by atoms with Crippen molar-refractivity contribution in [2.45, 2.75) is 51.9 Å². The van der Waals surface area contributed by atoms with Crippen LogP contribution in [-0.4, -0.2) is 12.6 Å². The molecule has 0 rings (SSSR count). The summed E-state index contributed by atoms with van der Waals surface area (Å²) < 4.78 is 5.03. The lowest BCUT2D eigenvalue weighted by Gasteiger charge is -2.03. The van der Waals surface area contributed by atoms with Gasteiger partial charge in [0.2, 0.25) is 0 Å². The van der Waals surface area contributed by atoms with Gasteiger partial charge in [-0.05, 0) is 25.7 Å². The van der Waals surface area contributed by atoms with Gasteiger partial charge in [0.1, 0.15) is 0 Å². The quantitative estimate of drug-likeness (QED) is 0.322. The highest BCUT2D eigenvalue weighted by Gasteiger charge is 1.99. The number of esters is 1. The first-order chi connectivity index (χ1) is 6.81. The Kier molecular flexibility index (Phi) is 9.71. The summed E-state index contributed by atoms with van der Waals surface area (Å²) in [5, 5.41) is 0. The summed E-state index contributed by atoms with van der Waals surface area (Å²) in [5.41, 5.74) is 0. The van der Waals surface area contributed by atoms with Crippen molar-refractivity contribution in [1.29, 1.82) is 0 Å². The molecule has 0 aromatic rings. The Morgan fingerprint density at radius 1 is 1.29 bits per heavy atom. The minimum absolute atomic E-state index is 0.0569. The highest BCUT2D eigenvalue weighted by atomic mass is 16.5. The molecule has 0 N–H and O–H groups in total. The van der Waals surface area contributed by atoms with E-state index in [0.717, 1.165) is 25.7 Å². The summed E-state index contributed by atoms with van der Waals surface area (Å²) in [5.74, 6) is -0.0569. The van der Waals surface area contributed by atoms with Crippen molar-refractivity contribution in [2.75, 3.05) is 6.61 Å². The van der Waals surface area contributed by atoms with Gasteiger partial charge in [-0.2, -0.15) is 0 Å². The molecule has 2 nitrogen and oxygen atoms in total. The first-order valence-corrected chi connectivity index (χ1v) is 5.57. The standard InChI is InChI=1S/C12H22O2/c1-3-5-6-7-8-9-11-14-12(13)10-4-2/h3H,1,4-11H2,2H3. The number of carbonyl (C=O) groups excluding carboxylic acids is 1. The summed E-state index contributed by atoms with van der Waals surface area (Å²) in [6, 6.07) is 0. The van der Waals surface area contributed by atoms with Gasteiger partial charge in [-0.25, -0.2) is 0 Å². The largest absolute Gasteiger partial charge is 0.466 e. The number of hydrogen-bond acceptors (Lipinski definition) is 2. The third-order valence-electron chi connectivity index (χ3n) is 2.02. The van der Waals surface area contributed by atoms with Crippen molar-refractivity contribution in [1.82, 2.24) is 0 Å². The third kappa shape index (κ3) is 9.30. The molecule has 0 atom stereocenters. The Morgan fingerprint density at radius 2 is 2.00 bits per heavy atom. The second kappa shape index (κ2) is 10.3. The van der Waals surface area contributed by atoms with Gasteiger partial charge in [0.05, 0.1) is 6.61 Å². The van der Waals surface area contributed by atoms with Crippen molar-refractivity contribution < 1.29 is 9.53 Å². The van der Waals surface area contributed by atoms with Gasteiger partial charge in [-0.15, -0.1) is 6.58 Å². The molecule has 0 radical (unpaired) electrons. The molecule has 0 saturated heterocycles. The van der Waals surface area contributed by atoms with Crippen molar-refractivity contribution in [2.24, 2.45) is 0 Å². The molecule has 0 aliphatic rings. The smallest absolute Gasteiger partial charge is 0.305 e. The first-order valence-electron chi connectivity index (χ1n) is 5.57. The van der Waals surface area contributed by atoms with E-state index in [2.05, 4.69) is 6.58 Å². The lowest BCUT2D eigenvalue weighted by Crippen LogP contribution is -2.04. The third-order valence-corrected chi connectivity index (χ3v) is 2.02. The zero-order valence-corrected chi connectivity index (χ0v) is 9.26. The van der Waals surface area contributed by atoms with Crippen LogP contribution in [-0.2, 0) is 9.53 Å². The molecule has 2 heteroatoms.